The summed E-state index contributed by atoms with van der Waals surface area (Å²) in [6, 6.07) is 0.430. The molecule has 7 heteroatoms. The first kappa shape index (κ1) is 15.5. The molecule has 1 saturated carbocycles. The average molecular weight is 292 g/mol. The van der Waals surface area contributed by atoms with Crippen molar-refractivity contribution >= 4 is 17.5 Å². The summed E-state index contributed by atoms with van der Waals surface area (Å²) in [5.74, 6) is 7.75. The third kappa shape index (κ3) is 4.56. The number of nitrogens with two attached hydrogens (primary N) is 1. The topological polar surface area (TPSA) is 105 Å². The molecule has 0 saturated heterocycles. The quantitative estimate of drug-likeness (QED) is 0.325. The molecular weight excluding hydrogens is 268 g/mol. The predicted octanol–water partition coefficient (Wildman–Crippen LogP) is 1.10. The molecule has 1 aliphatic carbocycles. The van der Waals surface area contributed by atoms with Crippen LogP contribution in [0.3, 0.4) is 0 Å². The maximum Gasteiger partial charge on any atom is 0.220 e. The molecule has 116 valence electrons. The highest BCUT2D eigenvalue weighted by molar-refractivity contribution is 5.76. The highest BCUT2D eigenvalue weighted by atomic mass is 16.1. The number of aromatic nitrogens is 2. The number of anilines is 2. The Kier molecular flexibility index (Phi) is 5.32. The van der Waals surface area contributed by atoms with Crippen LogP contribution in [0.1, 0.15) is 44.0 Å². The number of carbonyl (C=O) groups excluding carboxylic acids is 1. The number of hydrogen-bond acceptors (Lipinski definition) is 6. The average Bonchev–Trinajstić information content (AvgIpc) is 3.29. The minimum atomic E-state index is 0.136. The Balaban J connectivity index is 1.82. The summed E-state index contributed by atoms with van der Waals surface area (Å²) in [6.07, 6.45) is 4.30. The van der Waals surface area contributed by atoms with Crippen LogP contribution in [0.5, 0.6) is 0 Å². The maximum absolute atomic E-state index is 11.6. The fraction of sp³-hybridized carbons (Fsp3) is 0.643. The molecule has 0 aromatic carbocycles. The van der Waals surface area contributed by atoms with E-state index in [0.717, 1.165) is 42.9 Å². The molecule has 0 unspecified atom stereocenters. The smallest absolute Gasteiger partial charge is 0.220 e. The molecular formula is C14H24N6O. The van der Waals surface area contributed by atoms with E-state index in [0.29, 0.717) is 24.8 Å². The minimum absolute atomic E-state index is 0.136. The Morgan fingerprint density at radius 1 is 1.33 bits per heavy atom. The molecule has 1 heterocycles. The Morgan fingerprint density at radius 3 is 2.67 bits per heavy atom. The van der Waals surface area contributed by atoms with Crippen molar-refractivity contribution in [3.8, 4) is 0 Å². The molecule has 1 aliphatic rings. The van der Waals surface area contributed by atoms with Gasteiger partial charge in [-0.15, -0.1) is 0 Å². The zero-order chi connectivity index (χ0) is 15.2. The number of hydrazine groups is 1. The first-order valence-corrected chi connectivity index (χ1v) is 7.51. The molecule has 1 amide bonds. The fourth-order valence-corrected chi connectivity index (χ4v) is 2.02. The Labute approximate surface area is 125 Å². The van der Waals surface area contributed by atoms with Crippen LogP contribution < -0.4 is 21.9 Å². The van der Waals surface area contributed by atoms with Gasteiger partial charge in [-0.1, -0.05) is 6.92 Å². The number of aryl methyl sites for hydroxylation is 1. The van der Waals surface area contributed by atoms with Crippen LogP contribution in [0, 0.1) is 6.92 Å². The zero-order valence-electron chi connectivity index (χ0n) is 12.7. The summed E-state index contributed by atoms with van der Waals surface area (Å²) in [4.78, 5) is 20.4. The van der Waals surface area contributed by atoms with Gasteiger partial charge in [0.1, 0.15) is 17.5 Å². The summed E-state index contributed by atoms with van der Waals surface area (Å²) >= 11 is 0. The van der Waals surface area contributed by atoms with Crippen LogP contribution >= 0.6 is 0 Å². The number of amides is 1. The van der Waals surface area contributed by atoms with Crippen molar-refractivity contribution in [1.82, 2.24) is 15.3 Å². The largest absolute Gasteiger partial charge is 0.370 e. The van der Waals surface area contributed by atoms with E-state index in [1.165, 1.54) is 0 Å². The summed E-state index contributed by atoms with van der Waals surface area (Å²) in [6.45, 7) is 4.61. The number of carbonyl (C=O) groups is 1. The summed E-state index contributed by atoms with van der Waals surface area (Å²) in [7, 11) is 0. The molecule has 2 rings (SSSR count). The van der Waals surface area contributed by atoms with E-state index in [2.05, 4.69) is 26.0 Å². The molecule has 0 spiro atoms. The number of nitrogen functional groups attached to an aromatic ring is 1. The van der Waals surface area contributed by atoms with E-state index in [1.54, 1.807) is 0 Å². The van der Waals surface area contributed by atoms with Crippen molar-refractivity contribution in [1.29, 1.82) is 0 Å². The Bertz CT molecular complexity index is 500. The Morgan fingerprint density at radius 2 is 2.05 bits per heavy atom. The van der Waals surface area contributed by atoms with E-state index in [1.807, 2.05) is 13.8 Å². The third-order valence-corrected chi connectivity index (χ3v) is 3.46. The second kappa shape index (κ2) is 7.21. The van der Waals surface area contributed by atoms with Gasteiger partial charge in [-0.25, -0.2) is 15.8 Å². The molecule has 1 fully saturated rings. The molecule has 0 aliphatic heterocycles. The van der Waals surface area contributed by atoms with E-state index < -0.39 is 0 Å². The van der Waals surface area contributed by atoms with Crippen LogP contribution in [0.25, 0.3) is 0 Å². The van der Waals surface area contributed by atoms with Crippen LogP contribution in [-0.4, -0.2) is 28.5 Å². The van der Waals surface area contributed by atoms with Crippen molar-refractivity contribution in [2.75, 3.05) is 17.3 Å². The maximum atomic E-state index is 11.6. The van der Waals surface area contributed by atoms with Crippen molar-refractivity contribution in [2.45, 2.75) is 52.0 Å². The van der Waals surface area contributed by atoms with E-state index in [9.17, 15) is 4.79 Å². The summed E-state index contributed by atoms with van der Waals surface area (Å²) in [5.41, 5.74) is 3.48. The first-order valence-electron chi connectivity index (χ1n) is 7.51. The lowest BCUT2D eigenvalue weighted by molar-refractivity contribution is -0.121. The van der Waals surface area contributed by atoms with Crippen LogP contribution in [0.2, 0.25) is 0 Å². The minimum Gasteiger partial charge on any atom is -0.370 e. The highest BCUT2D eigenvalue weighted by Gasteiger charge is 2.22. The summed E-state index contributed by atoms with van der Waals surface area (Å²) < 4.78 is 0. The lowest BCUT2D eigenvalue weighted by Gasteiger charge is -2.13. The van der Waals surface area contributed by atoms with Gasteiger partial charge in [0, 0.05) is 31.0 Å². The number of hydrogen-bond donors (Lipinski definition) is 4. The Hall–Kier alpha value is -1.89. The second-order valence-electron chi connectivity index (χ2n) is 5.33. The number of nitrogens with one attached hydrogen (secondary N) is 3. The van der Waals surface area contributed by atoms with Gasteiger partial charge >= 0.3 is 0 Å². The van der Waals surface area contributed by atoms with Gasteiger partial charge in [0.05, 0.1) is 0 Å². The molecule has 0 atom stereocenters. The van der Waals surface area contributed by atoms with Crippen molar-refractivity contribution in [3.05, 3.63) is 11.4 Å². The van der Waals surface area contributed by atoms with Crippen LogP contribution in [0.4, 0.5) is 11.6 Å². The number of rotatable bonds is 8. The van der Waals surface area contributed by atoms with Crippen LogP contribution in [0.15, 0.2) is 0 Å². The normalized spacial score (nSPS) is 13.9. The van der Waals surface area contributed by atoms with Gasteiger partial charge in [-0.2, -0.15) is 0 Å². The van der Waals surface area contributed by atoms with Crippen molar-refractivity contribution in [3.63, 3.8) is 0 Å². The summed E-state index contributed by atoms with van der Waals surface area (Å²) in [5, 5.41) is 6.24. The van der Waals surface area contributed by atoms with E-state index in [-0.39, 0.29) is 5.91 Å². The van der Waals surface area contributed by atoms with Crippen molar-refractivity contribution < 1.29 is 4.79 Å². The van der Waals surface area contributed by atoms with Gasteiger partial charge in [-0.05, 0) is 26.2 Å². The lowest BCUT2D eigenvalue weighted by Crippen LogP contribution is -2.25. The van der Waals surface area contributed by atoms with Crippen molar-refractivity contribution in [2.24, 2.45) is 5.84 Å². The van der Waals surface area contributed by atoms with Gasteiger partial charge in [0.25, 0.3) is 0 Å². The van der Waals surface area contributed by atoms with Gasteiger partial charge < -0.3 is 16.1 Å². The number of nitrogens with zero attached hydrogens (tertiary/aromatic N) is 2. The molecule has 21 heavy (non-hydrogen) atoms. The standard InChI is InChI=1S/C14H24N6O/c1-3-11-18-13(9(2)14(19-11)20-15)16-8-4-5-12(21)17-10-6-7-10/h10H,3-8,15H2,1-2H3,(H,17,21)(H2,16,18,19,20). The zero-order valence-corrected chi connectivity index (χ0v) is 12.7. The molecule has 0 radical (unpaired) electrons. The molecule has 0 bridgehead atoms. The van der Waals surface area contributed by atoms with E-state index in [4.69, 9.17) is 5.84 Å². The second-order valence-corrected chi connectivity index (χ2v) is 5.33. The monoisotopic (exact) mass is 292 g/mol. The van der Waals surface area contributed by atoms with Crippen LogP contribution in [-0.2, 0) is 11.2 Å². The van der Waals surface area contributed by atoms with Gasteiger partial charge in [0.15, 0.2) is 0 Å². The van der Waals surface area contributed by atoms with Gasteiger partial charge in [0.2, 0.25) is 5.91 Å². The SMILES string of the molecule is CCc1nc(NN)c(C)c(NCCCC(=O)NC2CC2)n1. The molecule has 1 aromatic heterocycles. The first-order chi connectivity index (χ1) is 10.1. The highest BCUT2D eigenvalue weighted by Crippen LogP contribution is 2.20. The molecule has 7 nitrogen and oxygen atoms in total. The van der Waals surface area contributed by atoms with Gasteiger partial charge in [-0.3, -0.25) is 4.79 Å². The third-order valence-electron chi connectivity index (χ3n) is 3.46. The predicted molar refractivity (Wildman–Crippen MR) is 82.8 cm³/mol. The molecule has 5 N–H and O–H groups in total. The molecule has 1 aromatic rings. The van der Waals surface area contributed by atoms with E-state index >= 15 is 0 Å². The lowest BCUT2D eigenvalue weighted by atomic mass is 10.2. The fourth-order valence-electron chi connectivity index (χ4n) is 2.02.